The van der Waals surface area contributed by atoms with E-state index in [1.54, 1.807) is 0 Å². The molecule has 1 aliphatic heterocycles. The summed E-state index contributed by atoms with van der Waals surface area (Å²) in [6.45, 7) is 0.568. The summed E-state index contributed by atoms with van der Waals surface area (Å²) in [6, 6.07) is 7.67. The van der Waals surface area contributed by atoms with Crippen molar-refractivity contribution in [3.8, 4) is 6.07 Å². The van der Waals surface area contributed by atoms with Gasteiger partial charge in [0.15, 0.2) is 0 Å². The van der Waals surface area contributed by atoms with Crippen LogP contribution in [-0.2, 0) is 15.1 Å². The quantitative estimate of drug-likeness (QED) is 0.745. The van der Waals surface area contributed by atoms with Gasteiger partial charge in [0.2, 0.25) is 5.91 Å². The number of anilines is 1. The van der Waals surface area contributed by atoms with Gasteiger partial charge in [-0.25, -0.2) is 13.6 Å². The van der Waals surface area contributed by atoms with E-state index in [1.807, 2.05) is 6.07 Å². The molecule has 29 heavy (non-hydrogen) atoms. The van der Waals surface area contributed by atoms with E-state index in [9.17, 15) is 23.2 Å². The number of carbonyl (C=O) groups is 3. The Kier molecular flexibility index (Phi) is 5.22. The number of halogens is 3. The van der Waals surface area contributed by atoms with Crippen LogP contribution in [-0.4, -0.2) is 29.3 Å². The van der Waals surface area contributed by atoms with Crippen LogP contribution >= 0.6 is 11.6 Å². The van der Waals surface area contributed by atoms with Crippen molar-refractivity contribution in [1.29, 1.82) is 5.26 Å². The van der Waals surface area contributed by atoms with Gasteiger partial charge in [-0.05, 0) is 43.3 Å². The molecule has 0 spiro atoms. The smallest absolute Gasteiger partial charge is 0.324 e. The van der Waals surface area contributed by atoms with E-state index in [0.29, 0.717) is 4.90 Å². The number of hydrogen-bond donors (Lipinski definition) is 2. The van der Waals surface area contributed by atoms with Crippen LogP contribution in [0, 0.1) is 23.0 Å². The maximum atomic E-state index is 14.1. The van der Waals surface area contributed by atoms with Crippen molar-refractivity contribution in [2.24, 2.45) is 0 Å². The van der Waals surface area contributed by atoms with E-state index in [2.05, 4.69) is 10.6 Å². The van der Waals surface area contributed by atoms with Gasteiger partial charge >= 0.3 is 6.03 Å². The zero-order valence-electron chi connectivity index (χ0n) is 14.9. The highest BCUT2D eigenvalue weighted by molar-refractivity contribution is 6.32. The minimum Gasteiger partial charge on any atom is -0.324 e. The number of nitriles is 1. The topological polar surface area (TPSA) is 102 Å². The molecule has 0 bridgehead atoms. The molecule has 4 amide bonds. The maximum Gasteiger partial charge on any atom is 0.325 e. The predicted molar refractivity (Wildman–Crippen MR) is 98.8 cm³/mol. The van der Waals surface area contributed by atoms with E-state index < -0.39 is 41.6 Å². The molecule has 7 nitrogen and oxygen atoms in total. The number of nitrogens with one attached hydrogen (secondary N) is 2. The number of urea groups is 1. The second-order valence-electron chi connectivity index (χ2n) is 6.43. The lowest BCUT2D eigenvalue weighted by molar-refractivity contribution is -0.133. The SMILES string of the molecule is CC1(c2cc(F)ccc2F)NC(=O)N(CC(=O)Nc2ccc(C#N)c(Cl)c2)C1=O. The number of hydrogen-bond acceptors (Lipinski definition) is 4. The Balaban J connectivity index is 1.78. The summed E-state index contributed by atoms with van der Waals surface area (Å²) < 4.78 is 27.7. The largest absolute Gasteiger partial charge is 0.325 e. The van der Waals surface area contributed by atoms with E-state index >= 15 is 0 Å². The number of amides is 4. The van der Waals surface area contributed by atoms with E-state index in [1.165, 1.54) is 25.1 Å². The van der Waals surface area contributed by atoms with E-state index in [0.717, 1.165) is 18.2 Å². The minimum absolute atomic E-state index is 0.120. The molecule has 1 heterocycles. The fraction of sp³-hybridized carbons (Fsp3) is 0.158. The molecule has 1 fully saturated rings. The average molecular weight is 419 g/mol. The van der Waals surface area contributed by atoms with Crippen LogP contribution in [0.25, 0.3) is 0 Å². The first kappa shape index (κ1) is 20.2. The highest BCUT2D eigenvalue weighted by Gasteiger charge is 2.50. The Morgan fingerprint density at radius 3 is 2.66 bits per heavy atom. The highest BCUT2D eigenvalue weighted by atomic mass is 35.5. The van der Waals surface area contributed by atoms with Gasteiger partial charge in [0.1, 0.15) is 29.8 Å². The Bertz CT molecular complexity index is 1090. The van der Waals surface area contributed by atoms with Crippen molar-refractivity contribution in [3.05, 3.63) is 64.2 Å². The molecule has 10 heteroatoms. The van der Waals surface area contributed by atoms with Gasteiger partial charge in [-0.2, -0.15) is 5.26 Å². The van der Waals surface area contributed by atoms with E-state index in [-0.39, 0.29) is 21.8 Å². The van der Waals surface area contributed by atoms with Crippen LogP contribution in [0.5, 0.6) is 0 Å². The van der Waals surface area contributed by atoms with Crippen LogP contribution in [0.3, 0.4) is 0 Å². The molecule has 1 unspecified atom stereocenters. The number of carbonyl (C=O) groups excluding carboxylic acids is 3. The van der Waals surface area contributed by atoms with Crippen LogP contribution < -0.4 is 10.6 Å². The second kappa shape index (κ2) is 7.48. The first-order chi connectivity index (χ1) is 13.7. The van der Waals surface area contributed by atoms with E-state index in [4.69, 9.17) is 16.9 Å². The molecule has 2 aromatic rings. The molecule has 0 aromatic heterocycles. The lowest BCUT2D eigenvalue weighted by Crippen LogP contribution is -2.42. The number of rotatable bonds is 4. The van der Waals surface area contributed by atoms with Crippen LogP contribution in [0.15, 0.2) is 36.4 Å². The third-order valence-corrected chi connectivity index (χ3v) is 4.73. The summed E-state index contributed by atoms with van der Waals surface area (Å²) in [5.74, 6) is -3.28. The molecule has 1 saturated heterocycles. The molecule has 148 valence electrons. The van der Waals surface area contributed by atoms with Crippen molar-refractivity contribution >= 4 is 35.1 Å². The fourth-order valence-corrected chi connectivity index (χ4v) is 3.15. The van der Waals surface area contributed by atoms with Gasteiger partial charge in [-0.3, -0.25) is 14.5 Å². The molecule has 1 aliphatic rings. The molecule has 0 aliphatic carbocycles. The van der Waals surface area contributed by atoms with Gasteiger partial charge in [0.05, 0.1) is 10.6 Å². The average Bonchev–Trinajstić information content (AvgIpc) is 2.87. The maximum absolute atomic E-state index is 14.1. The van der Waals surface area contributed by atoms with Crippen molar-refractivity contribution < 1.29 is 23.2 Å². The van der Waals surface area contributed by atoms with Crippen molar-refractivity contribution in [3.63, 3.8) is 0 Å². The van der Waals surface area contributed by atoms with Crippen molar-refractivity contribution in [2.45, 2.75) is 12.5 Å². The summed E-state index contributed by atoms with van der Waals surface area (Å²) in [4.78, 5) is 37.8. The Labute approximate surface area is 168 Å². The van der Waals surface area contributed by atoms with Crippen molar-refractivity contribution in [1.82, 2.24) is 10.2 Å². The fourth-order valence-electron chi connectivity index (χ4n) is 2.93. The molecular weight excluding hydrogens is 406 g/mol. The van der Waals surface area contributed by atoms with Crippen LogP contribution in [0.2, 0.25) is 5.02 Å². The third-order valence-electron chi connectivity index (χ3n) is 4.42. The second-order valence-corrected chi connectivity index (χ2v) is 6.83. The zero-order valence-corrected chi connectivity index (χ0v) is 15.7. The summed E-state index contributed by atoms with van der Waals surface area (Å²) in [5, 5.41) is 13.7. The highest BCUT2D eigenvalue weighted by Crippen LogP contribution is 2.31. The number of nitrogens with zero attached hydrogens (tertiary/aromatic N) is 2. The van der Waals surface area contributed by atoms with Crippen molar-refractivity contribution in [2.75, 3.05) is 11.9 Å². The van der Waals surface area contributed by atoms with Crippen LogP contribution in [0.1, 0.15) is 18.1 Å². The lowest BCUT2D eigenvalue weighted by Gasteiger charge is -2.22. The normalized spacial score (nSPS) is 18.4. The van der Waals surface area contributed by atoms with Gasteiger partial charge in [-0.15, -0.1) is 0 Å². The number of imide groups is 1. The van der Waals surface area contributed by atoms with Crippen LogP contribution in [0.4, 0.5) is 19.3 Å². The lowest BCUT2D eigenvalue weighted by atomic mass is 9.91. The molecule has 2 aromatic carbocycles. The summed E-state index contributed by atoms with van der Waals surface area (Å²) in [6.07, 6.45) is 0. The first-order valence-electron chi connectivity index (χ1n) is 8.25. The molecule has 2 N–H and O–H groups in total. The molecule has 0 saturated carbocycles. The minimum atomic E-state index is -1.86. The molecule has 0 radical (unpaired) electrons. The number of benzene rings is 2. The first-order valence-corrected chi connectivity index (χ1v) is 8.62. The summed E-state index contributed by atoms with van der Waals surface area (Å²) >= 11 is 5.89. The third kappa shape index (κ3) is 3.75. The predicted octanol–water partition coefficient (Wildman–Crippen LogP) is 2.90. The monoisotopic (exact) mass is 418 g/mol. The molecule has 3 rings (SSSR count). The van der Waals surface area contributed by atoms with Gasteiger partial charge < -0.3 is 10.6 Å². The van der Waals surface area contributed by atoms with Gasteiger partial charge in [0, 0.05) is 11.3 Å². The Morgan fingerprint density at radius 2 is 2.00 bits per heavy atom. The molecular formula is C19H13ClF2N4O3. The Morgan fingerprint density at radius 1 is 1.28 bits per heavy atom. The Hall–Kier alpha value is -3.51. The summed E-state index contributed by atoms with van der Waals surface area (Å²) in [7, 11) is 0. The van der Waals surface area contributed by atoms with Gasteiger partial charge in [0.25, 0.3) is 5.91 Å². The van der Waals surface area contributed by atoms with Gasteiger partial charge in [-0.1, -0.05) is 11.6 Å². The standard InChI is InChI=1S/C19H13ClF2N4O3/c1-19(13-6-11(21)3-5-15(13)22)17(28)26(18(29)25-19)9-16(27)24-12-4-2-10(8-23)14(20)7-12/h2-7H,9H2,1H3,(H,24,27)(H,25,29). The molecule has 1 atom stereocenters. The zero-order chi connectivity index (χ0) is 21.3. The summed E-state index contributed by atoms with van der Waals surface area (Å²) in [5.41, 5.74) is -1.74.